The minimum absolute atomic E-state index is 0.307. The van der Waals surface area contributed by atoms with Gasteiger partial charge in [-0.2, -0.15) is 0 Å². The summed E-state index contributed by atoms with van der Waals surface area (Å²) in [6.45, 7) is 1.76. The number of hydrogen-bond acceptors (Lipinski definition) is 3. The molecule has 1 aliphatic carbocycles. The van der Waals surface area contributed by atoms with Gasteiger partial charge in [0.25, 0.3) is 0 Å². The maximum Gasteiger partial charge on any atom is 0.153 e. The summed E-state index contributed by atoms with van der Waals surface area (Å²) >= 11 is 0. The molecule has 4 heteroatoms. The van der Waals surface area contributed by atoms with Crippen molar-refractivity contribution in [2.45, 2.75) is 17.6 Å². The van der Waals surface area contributed by atoms with Crippen molar-refractivity contribution >= 4 is 9.84 Å². The van der Waals surface area contributed by atoms with Crippen LogP contribution in [0.15, 0.2) is 0 Å². The van der Waals surface area contributed by atoms with Gasteiger partial charge in [-0.1, -0.05) is 0 Å². The second-order valence-corrected chi connectivity index (χ2v) is 6.05. The Balaban J connectivity index is 2.27. The Morgan fingerprint density at radius 2 is 2.27 bits per heavy atom. The molecule has 1 aliphatic heterocycles. The molecule has 1 heterocycles. The Morgan fingerprint density at radius 1 is 1.55 bits per heavy atom. The van der Waals surface area contributed by atoms with Crippen LogP contribution in [0.2, 0.25) is 0 Å². The molecule has 0 amide bonds. The molecular formula is C7H13NO2S. The third-order valence-corrected chi connectivity index (χ3v) is 5.21. The molecular weight excluding hydrogens is 162 g/mol. The second kappa shape index (κ2) is 1.98. The van der Waals surface area contributed by atoms with E-state index in [0.29, 0.717) is 5.92 Å². The molecule has 0 spiro atoms. The highest BCUT2D eigenvalue weighted by molar-refractivity contribution is 7.92. The van der Waals surface area contributed by atoms with E-state index >= 15 is 0 Å². The van der Waals surface area contributed by atoms with Crippen molar-refractivity contribution in [1.29, 1.82) is 0 Å². The van der Waals surface area contributed by atoms with Gasteiger partial charge in [0, 0.05) is 6.26 Å². The molecule has 0 aromatic rings. The van der Waals surface area contributed by atoms with Gasteiger partial charge in [-0.3, -0.25) is 0 Å². The van der Waals surface area contributed by atoms with Crippen molar-refractivity contribution in [2.24, 2.45) is 5.92 Å². The Morgan fingerprint density at radius 3 is 2.73 bits per heavy atom. The predicted octanol–water partition coefficient (Wildman–Crippen LogP) is -0.217. The van der Waals surface area contributed by atoms with Crippen LogP contribution in [-0.4, -0.2) is 32.5 Å². The van der Waals surface area contributed by atoms with Crippen molar-refractivity contribution in [2.75, 3.05) is 19.3 Å². The van der Waals surface area contributed by atoms with Crippen LogP contribution in [0.25, 0.3) is 0 Å². The minimum Gasteiger partial charge on any atom is -0.316 e. The Kier molecular flexibility index (Phi) is 1.36. The number of fused-ring (bicyclic) bond motifs is 1. The average Bonchev–Trinajstić information content (AvgIpc) is 2.59. The lowest BCUT2D eigenvalue weighted by Crippen LogP contribution is -2.37. The van der Waals surface area contributed by atoms with Gasteiger partial charge >= 0.3 is 0 Å². The molecule has 1 saturated heterocycles. The Bertz CT molecular complexity index is 272. The van der Waals surface area contributed by atoms with E-state index in [4.69, 9.17) is 0 Å². The smallest absolute Gasteiger partial charge is 0.153 e. The van der Waals surface area contributed by atoms with E-state index in [1.807, 2.05) is 0 Å². The first-order chi connectivity index (χ1) is 5.06. The number of nitrogens with one attached hydrogen (secondary N) is 1. The lowest BCUT2D eigenvalue weighted by Gasteiger charge is -2.20. The first-order valence-electron chi connectivity index (χ1n) is 3.97. The van der Waals surface area contributed by atoms with Crippen molar-refractivity contribution in [1.82, 2.24) is 5.32 Å². The lowest BCUT2D eigenvalue weighted by atomic mass is 10.2. The van der Waals surface area contributed by atoms with Crippen LogP contribution in [0.4, 0.5) is 0 Å². The summed E-state index contributed by atoms with van der Waals surface area (Å²) in [7, 11) is -2.79. The molecule has 1 saturated carbocycles. The largest absolute Gasteiger partial charge is 0.316 e. The highest BCUT2D eigenvalue weighted by atomic mass is 32.2. The van der Waals surface area contributed by atoms with E-state index in [-0.39, 0.29) is 4.75 Å². The van der Waals surface area contributed by atoms with Crippen LogP contribution >= 0.6 is 0 Å². The predicted molar refractivity (Wildman–Crippen MR) is 43.2 cm³/mol. The molecule has 11 heavy (non-hydrogen) atoms. The van der Waals surface area contributed by atoms with Gasteiger partial charge in [-0.15, -0.1) is 0 Å². The SMILES string of the molecule is CS(=O)(=O)C12CCNCC1C2. The summed E-state index contributed by atoms with van der Waals surface area (Å²) in [4.78, 5) is 0. The molecule has 2 atom stereocenters. The van der Waals surface area contributed by atoms with E-state index in [9.17, 15) is 8.42 Å². The Labute approximate surface area is 67.1 Å². The second-order valence-electron chi connectivity index (χ2n) is 3.69. The molecule has 2 unspecified atom stereocenters. The van der Waals surface area contributed by atoms with Crippen LogP contribution in [0.1, 0.15) is 12.8 Å². The van der Waals surface area contributed by atoms with Crippen LogP contribution in [0.3, 0.4) is 0 Å². The first kappa shape index (κ1) is 7.55. The number of hydrogen-bond donors (Lipinski definition) is 1. The fourth-order valence-electron chi connectivity index (χ4n) is 2.14. The average molecular weight is 175 g/mol. The normalized spacial score (nSPS) is 43.2. The summed E-state index contributed by atoms with van der Waals surface area (Å²) in [6, 6.07) is 0. The quantitative estimate of drug-likeness (QED) is 0.599. The number of piperidine rings is 1. The van der Waals surface area contributed by atoms with E-state index in [1.165, 1.54) is 6.26 Å². The molecule has 64 valence electrons. The topological polar surface area (TPSA) is 46.2 Å². The minimum atomic E-state index is -2.79. The first-order valence-corrected chi connectivity index (χ1v) is 5.86. The maximum atomic E-state index is 11.3. The molecule has 0 aromatic carbocycles. The van der Waals surface area contributed by atoms with Crippen molar-refractivity contribution < 1.29 is 8.42 Å². The Hall–Kier alpha value is -0.0900. The van der Waals surface area contributed by atoms with Crippen LogP contribution < -0.4 is 5.32 Å². The molecule has 3 nitrogen and oxygen atoms in total. The van der Waals surface area contributed by atoms with Gasteiger partial charge in [0.1, 0.15) is 0 Å². The van der Waals surface area contributed by atoms with Gasteiger partial charge in [0.15, 0.2) is 9.84 Å². The zero-order valence-corrected chi connectivity index (χ0v) is 7.45. The van der Waals surface area contributed by atoms with Gasteiger partial charge < -0.3 is 5.32 Å². The van der Waals surface area contributed by atoms with Crippen molar-refractivity contribution in [3.8, 4) is 0 Å². The number of sulfone groups is 1. The summed E-state index contributed by atoms with van der Waals surface area (Å²) in [6.07, 6.45) is 3.08. The standard InChI is InChI=1S/C7H13NO2S/c1-11(9,10)7-2-3-8-5-6(7)4-7/h6,8H,2-5H2,1H3. The summed E-state index contributed by atoms with van der Waals surface area (Å²) in [5.74, 6) is 0.409. The molecule has 0 bridgehead atoms. The summed E-state index contributed by atoms with van der Waals surface area (Å²) in [5, 5.41) is 3.21. The van der Waals surface area contributed by atoms with Gasteiger partial charge in [0.2, 0.25) is 0 Å². The third-order valence-electron chi connectivity index (χ3n) is 3.03. The fraction of sp³-hybridized carbons (Fsp3) is 1.00. The summed E-state index contributed by atoms with van der Waals surface area (Å²) in [5.41, 5.74) is 0. The molecule has 2 rings (SSSR count). The van der Waals surface area contributed by atoms with Crippen LogP contribution in [-0.2, 0) is 9.84 Å². The highest BCUT2D eigenvalue weighted by Crippen LogP contribution is 2.53. The van der Waals surface area contributed by atoms with Gasteiger partial charge in [-0.05, 0) is 31.8 Å². The van der Waals surface area contributed by atoms with Crippen LogP contribution in [0.5, 0.6) is 0 Å². The molecule has 0 radical (unpaired) electrons. The molecule has 2 fully saturated rings. The monoisotopic (exact) mass is 175 g/mol. The lowest BCUT2D eigenvalue weighted by molar-refractivity contribution is 0.490. The number of rotatable bonds is 1. The maximum absolute atomic E-state index is 11.3. The van der Waals surface area contributed by atoms with E-state index < -0.39 is 9.84 Å². The summed E-state index contributed by atoms with van der Waals surface area (Å²) < 4.78 is 22.3. The van der Waals surface area contributed by atoms with E-state index in [1.54, 1.807) is 0 Å². The van der Waals surface area contributed by atoms with E-state index in [2.05, 4.69) is 5.32 Å². The highest BCUT2D eigenvalue weighted by Gasteiger charge is 2.62. The zero-order valence-electron chi connectivity index (χ0n) is 6.63. The van der Waals surface area contributed by atoms with Crippen molar-refractivity contribution in [3.05, 3.63) is 0 Å². The molecule has 0 aromatic heterocycles. The fourth-order valence-corrected chi connectivity index (χ4v) is 3.80. The third kappa shape index (κ3) is 0.924. The van der Waals surface area contributed by atoms with E-state index in [0.717, 1.165) is 25.9 Å². The molecule has 1 N–H and O–H groups in total. The zero-order chi connectivity index (χ0) is 8.11. The van der Waals surface area contributed by atoms with Gasteiger partial charge in [-0.25, -0.2) is 8.42 Å². The van der Waals surface area contributed by atoms with Gasteiger partial charge in [0.05, 0.1) is 4.75 Å². The molecule has 2 aliphatic rings. The van der Waals surface area contributed by atoms with Crippen LogP contribution in [0, 0.1) is 5.92 Å². The van der Waals surface area contributed by atoms with Crippen molar-refractivity contribution in [3.63, 3.8) is 0 Å².